The lowest BCUT2D eigenvalue weighted by molar-refractivity contribution is 0.908. The number of hydrogen-bond donors (Lipinski definition) is 2. The van der Waals surface area contributed by atoms with Crippen LogP contribution in [0.5, 0.6) is 0 Å². The monoisotopic (exact) mass is 385 g/mol. The molecule has 0 saturated carbocycles. The summed E-state index contributed by atoms with van der Waals surface area (Å²) in [6, 6.07) is 9.56. The minimum absolute atomic E-state index is 0.194. The SMILES string of the molecule is O=c1[nH]ccc2nc(N3CCCC3)nc(Nc3ccc(Br)cc3)c12. The van der Waals surface area contributed by atoms with Gasteiger partial charge < -0.3 is 15.2 Å². The van der Waals surface area contributed by atoms with Crippen LogP contribution in [0.1, 0.15) is 12.8 Å². The Balaban J connectivity index is 1.84. The van der Waals surface area contributed by atoms with Gasteiger partial charge in [-0.25, -0.2) is 4.98 Å². The van der Waals surface area contributed by atoms with E-state index in [0.717, 1.165) is 36.1 Å². The van der Waals surface area contributed by atoms with Gasteiger partial charge in [-0.1, -0.05) is 15.9 Å². The van der Waals surface area contributed by atoms with Gasteiger partial charge in [-0.2, -0.15) is 4.98 Å². The normalized spacial score (nSPS) is 14.3. The largest absolute Gasteiger partial charge is 0.341 e. The van der Waals surface area contributed by atoms with E-state index in [2.05, 4.69) is 41.1 Å². The molecule has 122 valence electrons. The van der Waals surface area contributed by atoms with Crippen LogP contribution in [0.3, 0.4) is 0 Å². The molecule has 1 aromatic carbocycles. The number of nitrogens with one attached hydrogen (secondary N) is 2. The number of nitrogens with zero attached hydrogens (tertiary/aromatic N) is 3. The summed E-state index contributed by atoms with van der Waals surface area (Å²) in [6.07, 6.45) is 3.91. The van der Waals surface area contributed by atoms with E-state index < -0.39 is 0 Å². The van der Waals surface area contributed by atoms with Crippen molar-refractivity contribution in [3.8, 4) is 0 Å². The van der Waals surface area contributed by atoms with Gasteiger partial charge in [0.25, 0.3) is 5.56 Å². The molecular formula is C17H16BrN5O. The zero-order chi connectivity index (χ0) is 16.5. The lowest BCUT2D eigenvalue weighted by Gasteiger charge is -2.17. The fourth-order valence-corrected chi connectivity index (χ4v) is 3.16. The number of benzene rings is 1. The number of hydrogen-bond acceptors (Lipinski definition) is 5. The Labute approximate surface area is 147 Å². The molecule has 1 aliphatic heterocycles. The standard InChI is InChI=1S/C17H16BrN5O/c18-11-3-5-12(6-4-11)20-15-14-13(7-8-19-16(14)24)21-17(22-15)23-9-1-2-10-23/h3-8H,1-2,9-10H2,(H,19,24)(H,20,21,22). The highest BCUT2D eigenvalue weighted by molar-refractivity contribution is 9.10. The van der Waals surface area contributed by atoms with E-state index >= 15 is 0 Å². The summed E-state index contributed by atoms with van der Waals surface area (Å²) in [5.41, 5.74) is 1.32. The van der Waals surface area contributed by atoms with Crippen LogP contribution in [0.4, 0.5) is 17.5 Å². The van der Waals surface area contributed by atoms with E-state index in [0.29, 0.717) is 22.7 Å². The molecule has 0 radical (unpaired) electrons. The second-order valence-corrected chi connectivity index (χ2v) is 6.68. The lowest BCUT2D eigenvalue weighted by atomic mass is 10.2. The summed E-state index contributed by atoms with van der Waals surface area (Å²) in [6.45, 7) is 1.90. The number of aromatic amines is 1. The van der Waals surface area contributed by atoms with Crippen LogP contribution in [-0.2, 0) is 0 Å². The first-order valence-corrected chi connectivity index (χ1v) is 8.67. The summed E-state index contributed by atoms with van der Waals surface area (Å²) < 4.78 is 0.996. The van der Waals surface area contributed by atoms with Crippen molar-refractivity contribution < 1.29 is 0 Å². The molecule has 4 rings (SSSR count). The highest BCUT2D eigenvalue weighted by atomic mass is 79.9. The zero-order valence-electron chi connectivity index (χ0n) is 12.9. The van der Waals surface area contributed by atoms with Crippen LogP contribution in [0, 0.1) is 0 Å². The Morgan fingerprint density at radius 1 is 1.08 bits per heavy atom. The molecule has 0 bridgehead atoms. The van der Waals surface area contributed by atoms with Crippen molar-refractivity contribution in [2.75, 3.05) is 23.3 Å². The van der Waals surface area contributed by atoms with Gasteiger partial charge in [0.2, 0.25) is 5.95 Å². The fourth-order valence-electron chi connectivity index (χ4n) is 2.90. The molecule has 0 aliphatic carbocycles. The van der Waals surface area contributed by atoms with Crippen molar-refractivity contribution in [3.63, 3.8) is 0 Å². The zero-order valence-corrected chi connectivity index (χ0v) is 14.5. The average Bonchev–Trinajstić information content (AvgIpc) is 3.11. The van der Waals surface area contributed by atoms with Crippen molar-refractivity contribution in [1.29, 1.82) is 0 Å². The van der Waals surface area contributed by atoms with Gasteiger partial charge in [0.15, 0.2) is 0 Å². The van der Waals surface area contributed by atoms with Crippen molar-refractivity contribution in [2.24, 2.45) is 0 Å². The highest BCUT2D eigenvalue weighted by Crippen LogP contribution is 2.26. The average molecular weight is 386 g/mol. The highest BCUT2D eigenvalue weighted by Gasteiger charge is 2.18. The molecule has 0 spiro atoms. The fraction of sp³-hybridized carbons (Fsp3) is 0.235. The smallest absolute Gasteiger partial charge is 0.261 e. The van der Waals surface area contributed by atoms with Crippen LogP contribution in [0.2, 0.25) is 0 Å². The van der Waals surface area contributed by atoms with Gasteiger partial charge >= 0.3 is 0 Å². The number of aromatic nitrogens is 3. The molecule has 6 nitrogen and oxygen atoms in total. The number of H-pyrrole nitrogens is 1. The van der Waals surface area contributed by atoms with E-state index in [9.17, 15) is 4.79 Å². The van der Waals surface area contributed by atoms with Crippen molar-refractivity contribution in [1.82, 2.24) is 15.0 Å². The Bertz CT molecular complexity index is 932. The molecule has 1 fully saturated rings. The molecule has 2 N–H and O–H groups in total. The van der Waals surface area contributed by atoms with E-state index in [1.54, 1.807) is 6.20 Å². The third kappa shape index (κ3) is 2.87. The number of halogens is 1. The third-order valence-corrected chi connectivity index (χ3v) is 4.63. The third-order valence-electron chi connectivity index (χ3n) is 4.10. The minimum Gasteiger partial charge on any atom is -0.341 e. The van der Waals surface area contributed by atoms with E-state index in [1.807, 2.05) is 30.3 Å². The maximum Gasteiger partial charge on any atom is 0.261 e. The maximum atomic E-state index is 12.3. The number of fused-ring (bicyclic) bond motifs is 1. The van der Waals surface area contributed by atoms with Gasteiger partial charge in [-0.15, -0.1) is 0 Å². The predicted molar refractivity (Wildman–Crippen MR) is 99.0 cm³/mol. The summed E-state index contributed by atoms with van der Waals surface area (Å²) in [7, 11) is 0. The second-order valence-electron chi connectivity index (χ2n) is 5.77. The van der Waals surface area contributed by atoms with Crippen LogP contribution < -0.4 is 15.8 Å². The molecule has 24 heavy (non-hydrogen) atoms. The Morgan fingerprint density at radius 2 is 1.83 bits per heavy atom. The van der Waals surface area contributed by atoms with Gasteiger partial charge in [0, 0.05) is 29.4 Å². The van der Waals surface area contributed by atoms with Crippen molar-refractivity contribution in [3.05, 3.63) is 51.4 Å². The molecule has 0 atom stereocenters. The molecule has 1 saturated heterocycles. The first-order valence-electron chi connectivity index (χ1n) is 7.88. The lowest BCUT2D eigenvalue weighted by Crippen LogP contribution is -2.22. The first-order chi connectivity index (χ1) is 11.7. The number of rotatable bonds is 3. The Hall–Kier alpha value is -2.41. The number of pyridine rings is 1. The minimum atomic E-state index is -0.194. The van der Waals surface area contributed by atoms with E-state index in [-0.39, 0.29) is 5.56 Å². The van der Waals surface area contributed by atoms with E-state index in [4.69, 9.17) is 0 Å². The molecule has 0 unspecified atom stereocenters. The second kappa shape index (κ2) is 6.24. The maximum absolute atomic E-state index is 12.3. The molecular weight excluding hydrogens is 370 g/mol. The van der Waals surface area contributed by atoms with Gasteiger partial charge in [-0.05, 0) is 43.2 Å². The summed E-state index contributed by atoms with van der Waals surface area (Å²) in [4.78, 5) is 26.4. The van der Waals surface area contributed by atoms with Crippen LogP contribution in [0.25, 0.3) is 10.9 Å². The molecule has 0 amide bonds. The van der Waals surface area contributed by atoms with Gasteiger partial charge in [0.05, 0.1) is 5.52 Å². The molecule has 3 heterocycles. The molecule has 3 aromatic rings. The summed E-state index contributed by atoms with van der Waals surface area (Å²) in [5, 5.41) is 3.74. The molecule has 2 aromatic heterocycles. The van der Waals surface area contributed by atoms with E-state index in [1.165, 1.54) is 0 Å². The van der Waals surface area contributed by atoms with Crippen LogP contribution in [0.15, 0.2) is 45.8 Å². The first kappa shape index (κ1) is 15.1. The summed E-state index contributed by atoms with van der Waals surface area (Å²) >= 11 is 3.42. The Kier molecular flexibility index (Phi) is 3.93. The van der Waals surface area contributed by atoms with Crippen molar-refractivity contribution >= 4 is 44.3 Å². The number of anilines is 3. The predicted octanol–water partition coefficient (Wildman–Crippen LogP) is 3.42. The quantitative estimate of drug-likeness (QED) is 0.722. The van der Waals surface area contributed by atoms with Crippen molar-refractivity contribution in [2.45, 2.75) is 12.8 Å². The van der Waals surface area contributed by atoms with Crippen LogP contribution in [-0.4, -0.2) is 28.0 Å². The van der Waals surface area contributed by atoms with Gasteiger partial charge in [-0.3, -0.25) is 4.79 Å². The topological polar surface area (TPSA) is 73.9 Å². The van der Waals surface area contributed by atoms with Crippen LogP contribution >= 0.6 is 15.9 Å². The molecule has 1 aliphatic rings. The molecule has 7 heteroatoms. The van der Waals surface area contributed by atoms with Gasteiger partial charge in [0.1, 0.15) is 11.2 Å². The summed E-state index contributed by atoms with van der Waals surface area (Å²) in [5.74, 6) is 1.20. The Morgan fingerprint density at radius 3 is 2.58 bits per heavy atom.